The summed E-state index contributed by atoms with van der Waals surface area (Å²) < 4.78 is 69.8. The van der Waals surface area contributed by atoms with E-state index in [0.29, 0.717) is 11.8 Å². The Morgan fingerprint density at radius 2 is 1.80 bits per heavy atom. The Kier molecular flexibility index (Phi) is 5.78. The van der Waals surface area contributed by atoms with Crippen molar-refractivity contribution in [3.63, 3.8) is 0 Å². The van der Waals surface area contributed by atoms with E-state index in [1.165, 1.54) is 31.7 Å². The van der Waals surface area contributed by atoms with Gasteiger partial charge in [-0.05, 0) is 90.8 Å². The number of fused-ring (bicyclic) bond motifs is 3. The van der Waals surface area contributed by atoms with E-state index in [-0.39, 0.29) is 11.1 Å². The number of benzene rings is 2. The van der Waals surface area contributed by atoms with Gasteiger partial charge in [-0.1, -0.05) is 25.8 Å². The van der Waals surface area contributed by atoms with Crippen molar-refractivity contribution in [2.45, 2.75) is 64.1 Å². The number of aryl methyl sites for hydroxylation is 1. The fourth-order valence-corrected chi connectivity index (χ4v) is 5.39. The third-order valence-corrected chi connectivity index (χ3v) is 6.67. The standard InChI is InChI=1S/C24H25F5O/c1-2-3-14-4-8-18-15(10-14)5-6-16-11-20(21(25)13-19(16)18)17-7-9-23(22(26)12-17)30-24(27,28)29/h7,9,11-15,18H,2-6,8,10H2,1H3. The lowest BCUT2D eigenvalue weighted by Crippen LogP contribution is -2.28. The molecule has 3 unspecified atom stereocenters. The van der Waals surface area contributed by atoms with Crippen molar-refractivity contribution in [1.82, 2.24) is 0 Å². The molecule has 0 radical (unpaired) electrons. The summed E-state index contributed by atoms with van der Waals surface area (Å²) in [6, 6.07) is 6.36. The minimum absolute atomic E-state index is 0.205. The first-order valence-electron chi connectivity index (χ1n) is 10.6. The maximum Gasteiger partial charge on any atom is 0.573 e. The summed E-state index contributed by atoms with van der Waals surface area (Å²) in [4.78, 5) is 0. The summed E-state index contributed by atoms with van der Waals surface area (Å²) in [5, 5.41) is 0. The van der Waals surface area contributed by atoms with Gasteiger partial charge in [0.25, 0.3) is 0 Å². The van der Waals surface area contributed by atoms with Gasteiger partial charge in [0.1, 0.15) is 5.82 Å². The first-order valence-corrected chi connectivity index (χ1v) is 10.6. The van der Waals surface area contributed by atoms with Crippen molar-refractivity contribution in [2.75, 3.05) is 0 Å². The summed E-state index contributed by atoms with van der Waals surface area (Å²) in [6.45, 7) is 2.21. The first kappa shape index (κ1) is 21.1. The van der Waals surface area contributed by atoms with Gasteiger partial charge in [-0.3, -0.25) is 0 Å². The zero-order valence-electron chi connectivity index (χ0n) is 16.9. The number of alkyl halides is 3. The van der Waals surface area contributed by atoms with Crippen LogP contribution in [0.25, 0.3) is 11.1 Å². The van der Waals surface area contributed by atoms with Gasteiger partial charge < -0.3 is 4.74 Å². The van der Waals surface area contributed by atoms with Crippen molar-refractivity contribution in [3.8, 4) is 16.9 Å². The molecule has 0 aromatic heterocycles. The summed E-state index contributed by atoms with van der Waals surface area (Å²) in [5.41, 5.74) is 2.54. The van der Waals surface area contributed by atoms with E-state index in [2.05, 4.69) is 11.7 Å². The van der Waals surface area contributed by atoms with E-state index >= 15 is 0 Å². The summed E-state index contributed by atoms with van der Waals surface area (Å²) in [7, 11) is 0. The van der Waals surface area contributed by atoms with Gasteiger partial charge in [-0.2, -0.15) is 0 Å². The van der Waals surface area contributed by atoms with Crippen molar-refractivity contribution in [3.05, 3.63) is 53.1 Å². The lowest BCUT2D eigenvalue weighted by Gasteiger charge is -2.41. The molecule has 2 aliphatic rings. The number of hydrogen-bond donors (Lipinski definition) is 0. The van der Waals surface area contributed by atoms with E-state index in [4.69, 9.17) is 0 Å². The second-order valence-corrected chi connectivity index (χ2v) is 8.60. The lowest BCUT2D eigenvalue weighted by atomic mass is 9.64. The molecule has 0 N–H and O–H groups in total. The molecule has 2 aromatic carbocycles. The normalized spacial score (nSPS) is 23.6. The Balaban J connectivity index is 1.60. The molecule has 30 heavy (non-hydrogen) atoms. The maximum absolute atomic E-state index is 15.0. The van der Waals surface area contributed by atoms with Gasteiger partial charge >= 0.3 is 6.36 Å². The highest BCUT2D eigenvalue weighted by Crippen LogP contribution is 2.48. The zero-order valence-corrected chi connectivity index (χ0v) is 16.9. The first-order chi connectivity index (χ1) is 14.2. The number of ether oxygens (including phenoxy) is 1. The predicted molar refractivity (Wildman–Crippen MR) is 105 cm³/mol. The van der Waals surface area contributed by atoms with Crippen LogP contribution in [0.4, 0.5) is 22.0 Å². The predicted octanol–water partition coefficient (Wildman–Crippen LogP) is 7.78. The van der Waals surface area contributed by atoms with Gasteiger partial charge in [0.15, 0.2) is 11.6 Å². The molecule has 0 aliphatic heterocycles. The summed E-state index contributed by atoms with van der Waals surface area (Å²) in [5.74, 6) is -0.835. The molecule has 0 spiro atoms. The highest BCUT2D eigenvalue weighted by Gasteiger charge is 2.36. The van der Waals surface area contributed by atoms with Crippen LogP contribution in [0.2, 0.25) is 0 Å². The fraction of sp³-hybridized carbons (Fsp3) is 0.500. The van der Waals surface area contributed by atoms with Crippen LogP contribution < -0.4 is 4.74 Å². The molecule has 6 heteroatoms. The Labute approximate surface area is 173 Å². The fourth-order valence-electron chi connectivity index (χ4n) is 5.39. The van der Waals surface area contributed by atoms with E-state index in [9.17, 15) is 22.0 Å². The highest BCUT2D eigenvalue weighted by atomic mass is 19.4. The molecule has 1 fully saturated rings. The van der Waals surface area contributed by atoms with Gasteiger partial charge in [0, 0.05) is 5.56 Å². The second kappa shape index (κ2) is 8.20. The minimum Gasteiger partial charge on any atom is -0.403 e. The topological polar surface area (TPSA) is 9.23 Å². The summed E-state index contributed by atoms with van der Waals surface area (Å²) in [6.07, 6.45) is 2.82. The van der Waals surface area contributed by atoms with E-state index < -0.39 is 23.7 Å². The largest absolute Gasteiger partial charge is 0.573 e. The lowest BCUT2D eigenvalue weighted by molar-refractivity contribution is -0.275. The molecule has 2 aromatic rings. The molecule has 0 bridgehead atoms. The Hall–Kier alpha value is -2.11. The van der Waals surface area contributed by atoms with Crippen LogP contribution in [-0.2, 0) is 6.42 Å². The van der Waals surface area contributed by atoms with Crippen molar-refractivity contribution in [1.29, 1.82) is 0 Å². The quantitative estimate of drug-likeness (QED) is 0.456. The molecule has 162 valence electrons. The molecule has 1 nitrogen and oxygen atoms in total. The average molecular weight is 424 g/mol. The Bertz CT molecular complexity index is 921. The van der Waals surface area contributed by atoms with Gasteiger partial charge in [-0.25, -0.2) is 8.78 Å². The van der Waals surface area contributed by atoms with Crippen LogP contribution in [0.5, 0.6) is 5.75 Å². The van der Waals surface area contributed by atoms with Gasteiger partial charge in [-0.15, -0.1) is 13.2 Å². The minimum atomic E-state index is -4.98. The van der Waals surface area contributed by atoms with Crippen LogP contribution in [0, 0.1) is 23.5 Å². The molecule has 4 rings (SSSR count). The Morgan fingerprint density at radius 3 is 2.50 bits per heavy atom. The molecular formula is C24H25F5O. The number of hydrogen-bond acceptors (Lipinski definition) is 1. The molecular weight excluding hydrogens is 399 g/mol. The maximum atomic E-state index is 15.0. The zero-order chi connectivity index (χ0) is 21.5. The third-order valence-electron chi connectivity index (χ3n) is 6.67. The molecule has 0 amide bonds. The molecule has 1 saturated carbocycles. The molecule has 0 heterocycles. The number of rotatable bonds is 4. The molecule has 2 aliphatic carbocycles. The van der Waals surface area contributed by atoms with Crippen molar-refractivity contribution >= 4 is 0 Å². The SMILES string of the molecule is CCCC1CCC2c3cc(F)c(-c4ccc(OC(F)(F)F)c(F)c4)cc3CCC2C1. The van der Waals surface area contributed by atoms with Gasteiger partial charge in [0.2, 0.25) is 0 Å². The van der Waals surface area contributed by atoms with E-state index in [0.717, 1.165) is 48.4 Å². The third kappa shape index (κ3) is 4.33. The van der Waals surface area contributed by atoms with Crippen LogP contribution in [0.3, 0.4) is 0 Å². The monoisotopic (exact) mass is 424 g/mol. The van der Waals surface area contributed by atoms with Crippen LogP contribution in [0.1, 0.15) is 62.5 Å². The number of halogens is 5. The van der Waals surface area contributed by atoms with Crippen molar-refractivity contribution < 1.29 is 26.7 Å². The van der Waals surface area contributed by atoms with Gasteiger partial charge in [0.05, 0.1) is 0 Å². The van der Waals surface area contributed by atoms with Crippen LogP contribution >= 0.6 is 0 Å². The van der Waals surface area contributed by atoms with E-state index in [1.807, 2.05) is 0 Å². The smallest absolute Gasteiger partial charge is 0.403 e. The van der Waals surface area contributed by atoms with Crippen LogP contribution in [-0.4, -0.2) is 6.36 Å². The highest BCUT2D eigenvalue weighted by molar-refractivity contribution is 5.67. The van der Waals surface area contributed by atoms with Crippen molar-refractivity contribution in [2.24, 2.45) is 11.8 Å². The Morgan fingerprint density at radius 1 is 1.00 bits per heavy atom. The second-order valence-electron chi connectivity index (χ2n) is 8.60. The summed E-state index contributed by atoms with van der Waals surface area (Å²) >= 11 is 0. The average Bonchev–Trinajstić information content (AvgIpc) is 2.68. The molecule has 0 saturated heterocycles. The van der Waals surface area contributed by atoms with E-state index in [1.54, 1.807) is 12.1 Å². The molecule has 3 atom stereocenters. The van der Waals surface area contributed by atoms with Crippen LogP contribution in [0.15, 0.2) is 30.3 Å².